The van der Waals surface area contributed by atoms with Crippen molar-refractivity contribution in [2.24, 2.45) is 5.92 Å². The molecule has 1 atom stereocenters. The van der Waals surface area contributed by atoms with E-state index in [-0.39, 0.29) is 0 Å². The summed E-state index contributed by atoms with van der Waals surface area (Å²) in [7, 11) is 0. The maximum absolute atomic E-state index is 9.26. The van der Waals surface area contributed by atoms with Gasteiger partial charge in [-0.3, -0.25) is 0 Å². The van der Waals surface area contributed by atoms with E-state index in [0.717, 1.165) is 16.6 Å². The topological polar surface area (TPSA) is 35.8 Å². The smallest absolute Gasteiger partial charge is 0.122 e. The zero-order valence-corrected chi connectivity index (χ0v) is 11.5. The van der Waals surface area contributed by atoms with E-state index in [1.54, 1.807) is 0 Å². The molecule has 0 aliphatic rings. The van der Waals surface area contributed by atoms with Gasteiger partial charge in [-0.1, -0.05) is 26.0 Å². The predicted molar refractivity (Wildman–Crippen MR) is 71.2 cm³/mol. The summed E-state index contributed by atoms with van der Waals surface area (Å²) in [4.78, 5) is 0. The lowest BCUT2D eigenvalue weighted by molar-refractivity contribution is 0.474. The van der Waals surface area contributed by atoms with Crippen molar-refractivity contribution in [1.82, 2.24) is 0 Å². The first kappa shape index (κ1) is 13.1. The molecular weight excluding hydrogens is 264 g/mol. The summed E-state index contributed by atoms with van der Waals surface area (Å²) in [5.74, 6) is 0.486. The van der Waals surface area contributed by atoms with Gasteiger partial charge in [0.25, 0.3) is 0 Å². The third-order valence-corrected chi connectivity index (χ3v) is 3.04. The molecule has 1 aromatic carbocycles. The van der Waals surface area contributed by atoms with Crippen LogP contribution in [0.25, 0.3) is 0 Å². The van der Waals surface area contributed by atoms with Crippen LogP contribution in [-0.2, 0) is 0 Å². The summed E-state index contributed by atoms with van der Waals surface area (Å²) in [6, 6.07) is 10.2. The first-order valence-corrected chi connectivity index (χ1v) is 6.20. The fraction of sp³-hybridized carbons (Fsp3) is 0.462. The molecule has 0 aliphatic carbocycles. The van der Waals surface area contributed by atoms with Gasteiger partial charge in [0.05, 0.1) is 6.07 Å². The molecule has 0 spiro atoms. The van der Waals surface area contributed by atoms with Crippen molar-refractivity contribution < 1.29 is 0 Å². The van der Waals surface area contributed by atoms with E-state index in [1.807, 2.05) is 31.2 Å². The zero-order chi connectivity index (χ0) is 12.2. The molecule has 0 heterocycles. The molecule has 3 heteroatoms. The van der Waals surface area contributed by atoms with Crippen molar-refractivity contribution in [2.75, 3.05) is 5.32 Å². The summed E-state index contributed by atoms with van der Waals surface area (Å²) in [6.45, 7) is 6.18. The van der Waals surface area contributed by atoms with Gasteiger partial charge in [-0.25, -0.2) is 0 Å². The number of anilines is 1. The van der Waals surface area contributed by atoms with E-state index in [9.17, 15) is 5.26 Å². The summed E-state index contributed by atoms with van der Waals surface area (Å²) in [6.07, 6.45) is 0.824. The highest BCUT2D eigenvalue weighted by Crippen LogP contribution is 2.27. The van der Waals surface area contributed by atoms with Gasteiger partial charge >= 0.3 is 0 Å². The molecule has 0 saturated heterocycles. The number of halogens is 1. The lowest BCUT2D eigenvalue weighted by Gasteiger charge is -2.26. The average molecular weight is 281 g/mol. The van der Waals surface area contributed by atoms with Crippen LogP contribution in [0.4, 0.5) is 5.69 Å². The Kier molecular flexibility index (Phi) is 4.37. The van der Waals surface area contributed by atoms with Crippen LogP contribution >= 0.6 is 15.9 Å². The first-order chi connectivity index (χ1) is 7.47. The molecular formula is C13H17BrN2. The summed E-state index contributed by atoms with van der Waals surface area (Å²) >= 11 is 3.47. The first-order valence-electron chi connectivity index (χ1n) is 5.41. The zero-order valence-electron chi connectivity index (χ0n) is 9.92. The molecule has 0 aromatic heterocycles. The largest absolute Gasteiger partial charge is 0.367 e. The van der Waals surface area contributed by atoms with Gasteiger partial charge in [0.2, 0.25) is 0 Å². The predicted octanol–water partition coefficient (Wildman–Crippen LogP) is 4.19. The van der Waals surface area contributed by atoms with Gasteiger partial charge in [0.1, 0.15) is 5.54 Å². The standard InChI is InChI=1S/C13H17BrN2/c1-10(2)8-13(3,9-15)16-12-7-5-4-6-11(12)14/h4-7,10,16H,8H2,1-3H3. The number of nitrogens with zero attached hydrogens (tertiary/aromatic N) is 1. The minimum atomic E-state index is -0.516. The quantitative estimate of drug-likeness (QED) is 0.898. The van der Waals surface area contributed by atoms with Gasteiger partial charge in [0, 0.05) is 10.2 Å². The molecule has 1 unspecified atom stereocenters. The third kappa shape index (κ3) is 3.53. The second-order valence-corrected chi connectivity index (χ2v) is 5.50. The van der Waals surface area contributed by atoms with Crippen LogP contribution in [0, 0.1) is 17.2 Å². The Morgan fingerprint density at radius 1 is 1.44 bits per heavy atom. The number of para-hydroxylation sites is 1. The maximum atomic E-state index is 9.26. The molecule has 0 aliphatic heterocycles. The Hall–Kier alpha value is -1.01. The Bertz CT molecular complexity index is 395. The number of hydrogen-bond donors (Lipinski definition) is 1. The van der Waals surface area contributed by atoms with E-state index in [0.29, 0.717) is 5.92 Å². The fourth-order valence-electron chi connectivity index (χ4n) is 1.80. The minimum Gasteiger partial charge on any atom is -0.367 e. The van der Waals surface area contributed by atoms with E-state index in [1.165, 1.54) is 0 Å². The van der Waals surface area contributed by atoms with Crippen molar-refractivity contribution in [3.63, 3.8) is 0 Å². The minimum absolute atomic E-state index is 0.486. The summed E-state index contributed by atoms with van der Waals surface area (Å²) in [5, 5.41) is 12.6. The molecule has 1 N–H and O–H groups in total. The van der Waals surface area contributed by atoms with Crippen LogP contribution in [-0.4, -0.2) is 5.54 Å². The number of rotatable bonds is 4. The molecule has 16 heavy (non-hydrogen) atoms. The van der Waals surface area contributed by atoms with Gasteiger partial charge in [0.15, 0.2) is 0 Å². The van der Waals surface area contributed by atoms with Crippen molar-refractivity contribution in [2.45, 2.75) is 32.7 Å². The Morgan fingerprint density at radius 2 is 2.06 bits per heavy atom. The van der Waals surface area contributed by atoms with Gasteiger partial charge in [-0.15, -0.1) is 0 Å². The molecule has 2 nitrogen and oxygen atoms in total. The van der Waals surface area contributed by atoms with Gasteiger partial charge in [-0.05, 0) is 47.3 Å². The molecule has 0 fully saturated rings. The lowest BCUT2D eigenvalue weighted by Crippen LogP contribution is -2.34. The average Bonchev–Trinajstić information content (AvgIpc) is 2.20. The highest BCUT2D eigenvalue weighted by molar-refractivity contribution is 9.10. The highest BCUT2D eigenvalue weighted by atomic mass is 79.9. The highest BCUT2D eigenvalue weighted by Gasteiger charge is 2.25. The number of benzene rings is 1. The monoisotopic (exact) mass is 280 g/mol. The fourth-order valence-corrected chi connectivity index (χ4v) is 2.18. The van der Waals surface area contributed by atoms with E-state index in [4.69, 9.17) is 0 Å². The third-order valence-electron chi connectivity index (χ3n) is 2.35. The van der Waals surface area contributed by atoms with E-state index in [2.05, 4.69) is 41.2 Å². The van der Waals surface area contributed by atoms with Crippen LogP contribution in [0.1, 0.15) is 27.2 Å². The Morgan fingerprint density at radius 3 is 2.56 bits per heavy atom. The second kappa shape index (κ2) is 5.36. The van der Waals surface area contributed by atoms with Gasteiger partial charge < -0.3 is 5.32 Å². The molecule has 1 rings (SSSR count). The normalized spacial score (nSPS) is 14.2. The number of hydrogen-bond acceptors (Lipinski definition) is 2. The van der Waals surface area contributed by atoms with Crippen LogP contribution in [0.3, 0.4) is 0 Å². The van der Waals surface area contributed by atoms with E-state index < -0.39 is 5.54 Å². The second-order valence-electron chi connectivity index (χ2n) is 4.65. The molecule has 0 bridgehead atoms. The van der Waals surface area contributed by atoms with Crippen molar-refractivity contribution in [1.29, 1.82) is 5.26 Å². The summed E-state index contributed by atoms with van der Waals surface area (Å²) in [5.41, 5.74) is 0.449. The van der Waals surface area contributed by atoms with Crippen molar-refractivity contribution in [3.05, 3.63) is 28.7 Å². The van der Waals surface area contributed by atoms with Crippen molar-refractivity contribution in [3.8, 4) is 6.07 Å². The number of nitriles is 1. The van der Waals surface area contributed by atoms with Crippen LogP contribution in [0.5, 0.6) is 0 Å². The lowest BCUT2D eigenvalue weighted by atomic mass is 9.92. The van der Waals surface area contributed by atoms with Crippen LogP contribution < -0.4 is 5.32 Å². The summed E-state index contributed by atoms with van der Waals surface area (Å²) < 4.78 is 0.986. The van der Waals surface area contributed by atoms with E-state index >= 15 is 0 Å². The Balaban J connectivity index is 2.86. The molecule has 0 amide bonds. The molecule has 86 valence electrons. The van der Waals surface area contributed by atoms with Crippen LogP contribution in [0.2, 0.25) is 0 Å². The van der Waals surface area contributed by atoms with Crippen LogP contribution in [0.15, 0.2) is 28.7 Å². The molecule has 0 radical (unpaired) electrons. The number of nitrogens with one attached hydrogen (secondary N) is 1. The molecule has 0 saturated carbocycles. The van der Waals surface area contributed by atoms with Crippen molar-refractivity contribution >= 4 is 21.6 Å². The SMILES string of the molecule is CC(C)CC(C)(C#N)Nc1ccccc1Br. The maximum Gasteiger partial charge on any atom is 0.122 e. The molecule has 1 aromatic rings. The van der Waals surface area contributed by atoms with Gasteiger partial charge in [-0.2, -0.15) is 5.26 Å². The Labute approximate surface area is 106 Å².